The second kappa shape index (κ2) is 93.4. The first-order chi connectivity index (χ1) is 69.8. The van der Waals surface area contributed by atoms with Gasteiger partial charge in [-0.2, -0.15) is 0 Å². The van der Waals surface area contributed by atoms with Gasteiger partial charge in [0.1, 0.15) is 99.4 Å². The standard InChI is InChI=1S/C25H36O4.C21H36O6.C16H26O4.C14H24O5.C12H26O4.C12H24O2.C10H22O2.C8H18O2/c1-19(2)26-15-17-28-23-11-7-21(8-12-23)25(5,6)22-9-13-24(14-10-22)29-18-16-27-20(3)4;1-16(2)22-7-10-25-19-13-20(26-11-8-23-17(3)4)15-21(14-19)27-12-9-24-18(5)6;1-13(2)17-8-10-19-15-6-5-7-16(12-15)20-11-9-18-14(3)4;1-11(2)16-7-8-17-14-10-15-9-13(14)5-6-18-19-12(3)4;1-11(2)15-9-7-13-5-6-14-8-10-16-12(3)4;1-9(2)13-11-5-7-12(8-6-11)14-10(3)4;1-9(2)11-7-5-6-8-12-10(3)4;1-7(2)9-5-6-10-8(3)4/h7-14,19-20H,15-18H2,1-6H3;13-18H,7-12H2,1-6H3;5-7,12-14H,8-11H2,1-4H3;9-12H,5-8H2,1-4H3;11-12H,5-10H2,1-4H3;9-12H,5-8H2,1-4H3;9-10H,5-8H2,1-4H3;7-8H,5-6H2,1-4H3. The molecule has 147 heavy (non-hydrogen) atoms. The van der Waals surface area contributed by atoms with E-state index in [-0.39, 0.29) is 72.6 Å². The summed E-state index contributed by atoms with van der Waals surface area (Å²) in [5, 5.41) is 0. The molecule has 0 saturated heterocycles. The molecule has 0 amide bonds. The van der Waals surface area contributed by atoms with E-state index < -0.39 is 0 Å². The molecule has 1 fully saturated rings. The average molecular weight is 2090 g/mol. The van der Waals surface area contributed by atoms with Crippen molar-refractivity contribution >= 4 is 0 Å². The highest BCUT2D eigenvalue weighted by molar-refractivity contribution is 5.43. The van der Waals surface area contributed by atoms with Crippen LogP contribution < -0.4 is 37.9 Å². The maximum atomic E-state index is 5.79. The Morgan fingerprint density at radius 2 is 0.463 bits per heavy atom. The highest BCUT2D eigenvalue weighted by Gasteiger charge is 2.25. The smallest absolute Gasteiger partial charge is 0.160 e. The molecule has 858 valence electrons. The number of benzene rings is 4. The van der Waals surface area contributed by atoms with Gasteiger partial charge in [-0.25, -0.2) is 9.78 Å². The molecule has 1 aliphatic carbocycles. The predicted octanol–water partition coefficient (Wildman–Crippen LogP) is 25.5. The van der Waals surface area contributed by atoms with E-state index in [0.717, 1.165) is 86.0 Å². The summed E-state index contributed by atoms with van der Waals surface area (Å²) < 4.78 is 149. The molecule has 0 radical (unpaired) electrons. The second-order valence-corrected chi connectivity index (χ2v) is 40.1. The molecule has 0 N–H and O–H groups in total. The third-order valence-corrected chi connectivity index (χ3v) is 19.3. The lowest BCUT2D eigenvalue weighted by Gasteiger charge is -2.30. The Balaban J connectivity index is 0. The number of hydrogen-bond acceptors (Lipinski definition) is 29. The summed E-state index contributed by atoms with van der Waals surface area (Å²) in [7, 11) is 0. The molecule has 1 aromatic heterocycles. The lowest BCUT2D eigenvalue weighted by Crippen LogP contribution is -2.29. The Kier molecular flexibility index (Phi) is 90.7. The van der Waals surface area contributed by atoms with Crippen LogP contribution in [-0.2, 0) is 107 Å². The maximum absolute atomic E-state index is 5.79. The van der Waals surface area contributed by atoms with E-state index in [1.54, 1.807) is 12.5 Å². The molecule has 29 nitrogen and oxygen atoms in total. The summed E-state index contributed by atoms with van der Waals surface area (Å²) in [6.45, 7) is 89.2. The molecule has 0 spiro atoms. The van der Waals surface area contributed by atoms with Gasteiger partial charge < -0.3 is 128 Å². The quantitative estimate of drug-likeness (QED) is 0.0199. The summed E-state index contributed by atoms with van der Waals surface area (Å²) in [5.41, 5.74) is 3.33. The molecule has 1 heterocycles. The minimum absolute atomic E-state index is 0.0632. The van der Waals surface area contributed by atoms with Gasteiger partial charge in [-0.3, -0.25) is 0 Å². The fourth-order valence-corrected chi connectivity index (χ4v) is 12.5. The lowest BCUT2D eigenvalue weighted by molar-refractivity contribution is -0.316. The minimum Gasteiger partial charge on any atom is -0.491 e. The number of furan rings is 1. The Morgan fingerprint density at radius 3 is 0.728 bits per heavy atom. The molecular formula is C118H212O29. The third kappa shape index (κ3) is 94.2. The first kappa shape index (κ1) is 143. The molecule has 4 aromatic carbocycles. The van der Waals surface area contributed by atoms with Crippen LogP contribution >= 0.6 is 0 Å². The summed E-state index contributed by atoms with van der Waals surface area (Å²) in [4.78, 5) is 10.1. The fourth-order valence-electron chi connectivity index (χ4n) is 12.5. The molecule has 29 heteroatoms. The van der Waals surface area contributed by atoms with Crippen molar-refractivity contribution in [3.05, 3.63) is 120 Å². The minimum atomic E-state index is -0.113. The van der Waals surface area contributed by atoms with Crippen LogP contribution in [0.5, 0.6) is 46.0 Å². The van der Waals surface area contributed by atoms with Crippen LogP contribution in [0, 0.1) is 0 Å². The van der Waals surface area contributed by atoms with Crippen LogP contribution in [0.1, 0.15) is 304 Å². The summed E-state index contributed by atoms with van der Waals surface area (Å²) in [6, 6.07) is 29.8. The van der Waals surface area contributed by atoms with Crippen molar-refractivity contribution in [3.8, 4) is 46.0 Å². The van der Waals surface area contributed by atoms with Gasteiger partial charge >= 0.3 is 0 Å². The Hall–Kier alpha value is -6.24. The maximum Gasteiger partial charge on any atom is 0.160 e. The van der Waals surface area contributed by atoms with Gasteiger partial charge in [0, 0.05) is 54.9 Å². The average Bonchev–Trinajstić information content (AvgIpc) is 1.50. The van der Waals surface area contributed by atoms with Gasteiger partial charge in [-0.1, -0.05) is 44.2 Å². The lowest BCUT2D eigenvalue weighted by atomic mass is 9.78. The number of rotatable bonds is 74. The van der Waals surface area contributed by atoms with Crippen molar-refractivity contribution in [3.63, 3.8) is 0 Å². The molecular weight excluding hydrogens is 1880 g/mol. The van der Waals surface area contributed by atoms with Crippen LogP contribution in [0.4, 0.5) is 0 Å². The predicted molar refractivity (Wildman–Crippen MR) is 591 cm³/mol. The molecule has 1 saturated carbocycles. The number of ether oxygens (including phenoxy) is 26. The molecule has 0 atom stereocenters. The molecule has 0 unspecified atom stereocenters. The van der Waals surface area contributed by atoms with E-state index in [1.165, 1.54) is 11.1 Å². The van der Waals surface area contributed by atoms with Crippen molar-refractivity contribution in [2.75, 3.05) is 178 Å². The Bertz CT molecular complexity index is 3370. The highest BCUT2D eigenvalue weighted by Crippen LogP contribution is 2.35. The van der Waals surface area contributed by atoms with Gasteiger partial charge in [0.05, 0.1) is 235 Å². The molecule has 1 aliphatic rings. The van der Waals surface area contributed by atoms with Crippen molar-refractivity contribution < 1.29 is 137 Å². The normalized spacial score (nSPS) is 13.1. The van der Waals surface area contributed by atoms with E-state index in [4.69, 9.17) is 137 Å². The Morgan fingerprint density at radius 1 is 0.231 bits per heavy atom. The summed E-state index contributed by atoms with van der Waals surface area (Å²) in [6.07, 6.45) is 16.1. The zero-order valence-electron chi connectivity index (χ0n) is 98.7. The molecule has 6 rings (SSSR count). The van der Waals surface area contributed by atoms with E-state index in [0.29, 0.717) is 238 Å². The first-order valence-electron chi connectivity index (χ1n) is 54.7. The highest BCUT2D eigenvalue weighted by atomic mass is 17.2. The third-order valence-electron chi connectivity index (χ3n) is 19.3. The zero-order valence-corrected chi connectivity index (χ0v) is 98.7. The van der Waals surface area contributed by atoms with Gasteiger partial charge in [-0.15, -0.1) is 0 Å². The summed E-state index contributed by atoms with van der Waals surface area (Å²) in [5.74, 6) is 6.10. The van der Waals surface area contributed by atoms with E-state index in [9.17, 15) is 0 Å². The first-order valence-corrected chi connectivity index (χ1v) is 54.7. The second-order valence-electron chi connectivity index (χ2n) is 40.1. The zero-order chi connectivity index (χ0) is 110. The topological polar surface area (TPSA) is 272 Å². The molecule has 0 bridgehead atoms. The fraction of sp³-hybridized carbons (Fsp3) is 0.763. The van der Waals surface area contributed by atoms with E-state index in [2.05, 4.69) is 93.5 Å². The molecule has 5 aromatic rings. The van der Waals surface area contributed by atoms with Crippen LogP contribution in [0.3, 0.4) is 0 Å². The monoisotopic (exact) mass is 2090 g/mol. The van der Waals surface area contributed by atoms with Gasteiger partial charge in [0.2, 0.25) is 0 Å². The summed E-state index contributed by atoms with van der Waals surface area (Å²) >= 11 is 0. The van der Waals surface area contributed by atoms with Crippen molar-refractivity contribution in [2.24, 2.45) is 0 Å². The van der Waals surface area contributed by atoms with Crippen molar-refractivity contribution in [1.82, 2.24) is 0 Å². The van der Waals surface area contributed by atoms with Gasteiger partial charge in [-0.05, 0) is 321 Å². The van der Waals surface area contributed by atoms with Gasteiger partial charge in [0.25, 0.3) is 0 Å². The van der Waals surface area contributed by atoms with Crippen LogP contribution in [-0.4, -0.2) is 294 Å². The van der Waals surface area contributed by atoms with E-state index >= 15 is 0 Å². The SMILES string of the molecule is CC(C)OC1CCC(OC(C)C)CC1.CC(C)OCCCCOC(C)C.CC(C)OCCOC(C)C.CC(C)OCCOCCOCCOC(C)C.CC(C)OCCOc1cc(OCCOC(C)C)cc(OCCOC(C)C)c1.CC(C)OCCOc1ccc(C(C)(C)c2ccc(OCCOC(C)C)cc2)cc1.CC(C)OCCOc1cccc(OCCOC(C)C)c1.CC(C)OCCOc1cocc1CCOOC(C)C. The van der Waals surface area contributed by atoms with Crippen LogP contribution in [0.25, 0.3) is 0 Å². The molecule has 0 aliphatic heterocycles. The largest absolute Gasteiger partial charge is 0.491 e. The van der Waals surface area contributed by atoms with Crippen LogP contribution in [0.2, 0.25) is 0 Å². The van der Waals surface area contributed by atoms with Crippen LogP contribution in [0.15, 0.2) is 108 Å². The van der Waals surface area contributed by atoms with Gasteiger partial charge in [0.15, 0.2) is 5.75 Å². The van der Waals surface area contributed by atoms with Crippen molar-refractivity contribution in [2.45, 2.75) is 416 Å². The number of hydrogen-bond donors (Lipinski definition) is 0. The van der Waals surface area contributed by atoms with Crippen molar-refractivity contribution in [1.29, 1.82) is 0 Å². The number of unbranched alkanes of at least 4 members (excludes halogenated alkanes) is 1. The van der Waals surface area contributed by atoms with E-state index in [1.807, 2.05) is 247 Å². The Labute approximate surface area is 892 Å².